The number of hydrogen-bond acceptors (Lipinski definition) is 4. The molecule has 1 aliphatic rings. The summed E-state index contributed by atoms with van der Waals surface area (Å²) in [6.07, 6.45) is 0. The van der Waals surface area contributed by atoms with E-state index in [1.807, 2.05) is 18.2 Å². The predicted molar refractivity (Wildman–Crippen MR) is 87.0 cm³/mol. The molecule has 0 saturated heterocycles. The lowest BCUT2D eigenvalue weighted by Crippen LogP contribution is -2.31. The first-order valence-corrected chi connectivity index (χ1v) is 7.46. The van der Waals surface area contributed by atoms with Crippen molar-refractivity contribution >= 4 is 11.4 Å². The molecule has 5 nitrogen and oxygen atoms in total. The van der Waals surface area contributed by atoms with E-state index in [9.17, 15) is 10.1 Å². The van der Waals surface area contributed by atoms with Crippen molar-refractivity contribution < 1.29 is 4.92 Å². The fourth-order valence-electron chi connectivity index (χ4n) is 2.96. The number of para-hydroxylation sites is 1. The van der Waals surface area contributed by atoms with Crippen LogP contribution in [0, 0.1) is 10.1 Å². The molecule has 0 saturated carbocycles. The van der Waals surface area contributed by atoms with Crippen LogP contribution >= 0.6 is 0 Å². The normalized spacial score (nSPS) is 15.8. The Morgan fingerprint density at radius 3 is 2.86 bits per heavy atom. The van der Waals surface area contributed by atoms with Gasteiger partial charge in [-0.1, -0.05) is 30.3 Å². The largest absolute Gasteiger partial charge is 0.363 e. The number of nitrogens with zero attached hydrogens (tertiary/aromatic N) is 2. The lowest BCUT2D eigenvalue weighted by molar-refractivity contribution is -0.384. The number of fused-ring (bicyclic) bond motifs is 1. The van der Waals surface area contributed by atoms with Gasteiger partial charge in [-0.15, -0.1) is 0 Å². The highest BCUT2D eigenvalue weighted by Gasteiger charge is 2.21. The van der Waals surface area contributed by atoms with Gasteiger partial charge in [0.1, 0.15) is 0 Å². The zero-order valence-electron chi connectivity index (χ0n) is 12.5. The van der Waals surface area contributed by atoms with Crippen molar-refractivity contribution in [2.24, 2.45) is 0 Å². The zero-order valence-corrected chi connectivity index (χ0v) is 12.5. The highest BCUT2D eigenvalue weighted by atomic mass is 16.6. The number of nitro benzene ring substituents is 1. The van der Waals surface area contributed by atoms with Crippen molar-refractivity contribution in [3.63, 3.8) is 0 Å². The number of hydrogen-bond donors (Lipinski definition) is 1. The Balaban J connectivity index is 1.96. The average molecular weight is 297 g/mol. The molecule has 1 unspecified atom stereocenters. The lowest BCUT2D eigenvalue weighted by atomic mass is 10.0. The van der Waals surface area contributed by atoms with E-state index in [-0.39, 0.29) is 16.7 Å². The fourth-order valence-corrected chi connectivity index (χ4v) is 2.96. The maximum atomic E-state index is 11.0. The summed E-state index contributed by atoms with van der Waals surface area (Å²) >= 11 is 0. The Hall–Kier alpha value is -2.40. The lowest BCUT2D eigenvalue weighted by Gasteiger charge is -2.31. The van der Waals surface area contributed by atoms with E-state index in [4.69, 9.17) is 0 Å². The second-order valence-electron chi connectivity index (χ2n) is 5.53. The molecular formula is C17H19N3O2. The van der Waals surface area contributed by atoms with Crippen LogP contribution in [0.4, 0.5) is 11.4 Å². The Morgan fingerprint density at radius 1 is 1.23 bits per heavy atom. The van der Waals surface area contributed by atoms with Gasteiger partial charge in [0.05, 0.1) is 11.0 Å². The van der Waals surface area contributed by atoms with Crippen molar-refractivity contribution in [1.82, 2.24) is 5.32 Å². The monoisotopic (exact) mass is 297 g/mol. The number of anilines is 1. The number of nitro groups is 1. The van der Waals surface area contributed by atoms with Gasteiger partial charge in [0, 0.05) is 37.5 Å². The molecule has 1 aliphatic heterocycles. The van der Waals surface area contributed by atoms with E-state index < -0.39 is 0 Å². The third-order valence-corrected chi connectivity index (χ3v) is 4.18. The molecule has 3 rings (SSSR count). The summed E-state index contributed by atoms with van der Waals surface area (Å²) in [5.74, 6) is 0. The smallest absolute Gasteiger partial charge is 0.269 e. The van der Waals surface area contributed by atoms with Crippen LogP contribution < -0.4 is 10.2 Å². The minimum Gasteiger partial charge on any atom is -0.363 e. The van der Waals surface area contributed by atoms with E-state index in [1.54, 1.807) is 12.1 Å². The van der Waals surface area contributed by atoms with Crippen molar-refractivity contribution in [2.45, 2.75) is 19.5 Å². The van der Waals surface area contributed by atoms with Crippen LogP contribution in [-0.4, -0.2) is 18.0 Å². The summed E-state index contributed by atoms with van der Waals surface area (Å²) in [4.78, 5) is 13.0. The van der Waals surface area contributed by atoms with Crippen LogP contribution in [0.25, 0.3) is 0 Å². The molecule has 2 aromatic rings. The summed E-state index contributed by atoms with van der Waals surface area (Å²) in [6.45, 7) is 4.73. The molecule has 1 heterocycles. The molecule has 0 spiro atoms. The molecule has 0 bridgehead atoms. The Morgan fingerprint density at radius 2 is 2.05 bits per heavy atom. The molecule has 0 fully saturated rings. The Labute approximate surface area is 129 Å². The Kier molecular flexibility index (Phi) is 4.06. The first kappa shape index (κ1) is 14.5. The van der Waals surface area contributed by atoms with Crippen LogP contribution in [0.5, 0.6) is 0 Å². The van der Waals surface area contributed by atoms with E-state index in [1.165, 1.54) is 17.3 Å². The van der Waals surface area contributed by atoms with E-state index in [2.05, 4.69) is 29.3 Å². The zero-order chi connectivity index (χ0) is 15.5. The third kappa shape index (κ3) is 2.80. The quantitative estimate of drug-likeness (QED) is 0.698. The number of non-ortho nitro benzene ring substituents is 1. The molecule has 0 aliphatic carbocycles. The molecule has 1 atom stereocenters. The molecule has 114 valence electrons. The van der Waals surface area contributed by atoms with Gasteiger partial charge in [0.2, 0.25) is 0 Å². The molecule has 22 heavy (non-hydrogen) atoms. The minimum absolute atomic E-state index is 0.0842. The second-order valence-corrected chi connectivity index (χ2v) is 5.53. The number of rotatable bonds is 3. The summed E-state index contributed by atoms with van der Waals surface area (Å²) in [5.41, 5.74) is 3.57. The van der Waals surface area contributed by atoms with E-state index in [0.29, 0.717) is 0 Å². The van der Waals surface area contributed by atoms with Crippen molar-refractivity contribution in [2.75, 3.05) is 18.0 Å². The van der Waals surface area contributed by atoms with Crippen LogP contribution in [-0.2, 0) is 6.54 Å². The van der Waals surface area contributed by atoms with Crippen LogP contribution in [0.2, 0.25) is 0 Å². The summed E-state index contributed by atoms with van der Waals surface area (Å²) in [6, 6.07) is 15.3. The molecule has 1 N–H and O–H groups in total. The first-order valence-electron chi connectivity index (χ1n) is 7.46. The Bertz CT molecular complexity index is 687. The van der Waals surface area contributed by atoms with Gasteiger partial charge in [0.25, 0.3) is 5.69 Å². The fraction of sp³-hybridized carbons (Fsp3) is 0.294. The maximum absolute atomic E-state index is 11.0. The number of nitrogens with one attached hydrogen (secondary N) is 1. The van der Waals surface area contributed by atoms with Crippen molar-refractivity contribution in [3.8, 4) is 0 Å². The molecule has 2 aromatic carbocycles. The molecular weight excluding hydrogens is 278 g/mol. The number of benzene rings is 2. The van der Waals surface area contributed by atoms with Crippen LogP contribution in [0.15, 0.2) is 48.5 Å². The topological polar surface area (TPSA) is 58.4 Å². The van der Waals surface area contributed by atoms with Crippen LogP contribution in [0.1, 0.15) is 24.1 Å². The highest BCUT2D eigenvalue weighted by molar-refractivity contribution is 5.56. The first-order chi connectivity index (χ1) is 10.7. The maximum Gasteiger partial charge on any atom is 0.269 e. The van der Waals surface area contributed by atoms with E-state index >= 15 is 0 Å². The third-order valence-electron chi connectivity index (χ3n) is 4.18. The molecule has 0 aromatic heterocycles. The molecule has 0 radical (unpaired) electrons. The summed E-state index contributed by atoms with van der Waals surface area (Å²) in [7, 11) is 0. The average Bonchev–Trinajstić information content (AvgIpc) is 2.76. The van der Waals surface area contributed by atoms with Gasteiger partial charge in [-0.25, -0.2) is 0 Å². The summed E-state index contributed by atoms with van der Waals surface area (Å²) < 4.78 is 0. The highest BCUT2D eigenvalue weighted by Crippen LogP contribution is 2.31. The standard InChI is InChI=1S/C17H19N3O2/c1-13(14-6-4-7-16(11-14)20(21)22)19-10-9-18-12-15-5-2-3-8-17(15)19/h2-8,11,13,18H,9-10,12H2,1H3. The predicted octanol–water partition coefficient (Wildman–Crippen LogP) is 3.27. The van der Waals surface area contributed by atoms with Gasteiger partial charge < -0.3 is 10.2 Å². The van der Waals surface area contributed by atoms with Gasteiger partial charge >= 0.3 is 0 Å². The molecule has 5 heteroatoms. The van der Waals surface area contributed by atoms with Gasteiger partial charge in [-0.3, -0.25) is 10.1 Å². The van der Waals surface area contributed by atoms with Gasteiger partial charge in [-0.2, -0.15) is 0 Å². The summed E-state index contributed by atoms with van der Waals surface area (Å²) in [5, 5.41) is 14.4. The van der Waals surface area contributed by atoms with E-state index in [0.717, 1.165) is 25.2 Å². The van der Waals surface area contributed by atoms with Crippen molar-refractivity contribution in [1.29, 1.82) is 0 Å². The van der Waals surface area contributed by atoms with Gasteiger partial charge in [0.15, 0.2) is 0 Å². The van der Waals surface area contributed by atoms with Crippen LogP contribution in [0.3, 0.4) is 0 Å². The molecule has 0 amide bonds. The SMILES string of the molecule is CC(c1cccc([N+](=O)[O-])c1)N1CCNCc2ccccc21. The van der Waals surface area contributed by atoms with Crippen molar-refractivity contribution in [3.05, 3.63) is 69.8 Å². The second kappa shape index (κ2) is 6.15. The minimum atomic E-state index is -0.339. The van der Waals surface area contributed by atoms with Gasteiger partial charge in [-0.05, 0) is 24.1 Å².